The van der Waals surface area contributed by atoms with Crippen LogP contribution in [0.15, 0.2) is 11.4 Å². The minimum absolute atomic E-state index is 0.173. The first kappa shape index (κ1) is 12.8. The highest BCUT2D eigenvalue weighted by molar-refractivity contribution is 7.99. The number of carbonyl (C=O) groups excluding carboxylic acids is 1. The van der Waals surface area contributed by atoms with Gasteiger partial charge in [-0.05, 0) is 13.3 Å². The molecule has 0 aliphatic heterocycles. The van der Waals surface area contributed by atoms with Crippen molar-refractivity contribution in [3.05, 3.63) is 11.8 Å². The van der Waals surface area contributed by atoms with E-state index in [1.165, 1.54) is 18.0 Å². The van der Waals surface area contributed by atoms with Gasteiger partial charge >= 0.3 is 5.97 Å². The number of nitrogens with two attached hydrogens (primary N) is 1. The van der Waals surface area contributed by atoms with Crippen LogP contribution in [0.25, 0.3) is 0 Å². The van der Waals surface area contributed by atoms with Gasteiger partial charge in [-0.3, -0.25) is 0 Å². The Morgan fingerprint density at radius 3 is 2.88 bits per heavy atom. The van der Waals surface area contributed by atoms with E-state index in [2.05, 4.69) is 16.9 Å². The van der Waals surface area contributed by atoms with E-state index in [4.69, 9.17) is 10.5 Å². The molecule has 0 spiro atoms. The molecule has 16 heavy (non-hydrogen) atoms. The number of hydrogen-bond donors (Lipinski definition) is 1. The van der Waals surface area contributed by atoms with Gasteiger partial charge in [0.15, 0.2) is 5.16 Å². The molecule has 0 aromatic carbocycles. The highest BCUT2D eigenvalue weighted by Crippen LogP contribution is 2.17. The fourth-order valence-electron chi connectivity index (χ4n) is 1.01. The van der Waals surface area contributed by atoms with E-state index >= 15 is 0 Å². The Morgan fingerprint density at radius 1 is 1.56 bits per heavy atom. The minimum Gasteiger partial charge on any atom is -0.462 e. The fourth-order valence-corrected chi connectivity index (χ4v) is 1.68. The summed E-state index contributed by atoms with van der Waals surface area (Å²) in [4.78, 5) is 19.5. The van der Waals surface area contributed by atoms with Gasteiger partial charge in [0.25, 0.3) is 0 Å². The number of aromatic nitrogens is 2. The first-order chi connectivity index (χ1) is 7.69. The fraction of sp³-hybridized carbons (Fsp3) is 0.500. The number of esters is 1. The SMILES string of the molecule is CCCSc1ncc(C(=O)OCC)c(N)n1. The van der Waals surface area contributed by atoms with Gasteiger partial charge in [0.1, 0.15) is 11.4 Å². The lowest BCUT2D eigenvalue weighted by atomic mass is 10.3. The summed E-state index contributed by atoms with van der Waals surface area (Å²) >= 11 is 1.51. The van der Waals surface area contributed by atoms with Gasteiger partial charge < -0.3 is 10.5 Å². The van der Waals surface area contributed by atoms with Crippen molar-refractivity contribution in [2.24, 2.45) is 0 Å². The van der Waals surface area contributed by atoms with Gasteiger partial charge in [0, 0.05) is 11.9 Å². The molecular formula is C10H15N3O2S. The molecule has 1 rings (SSSR count). The van der Waals surface area contributed by atoms with Crippen molar-refractivity contribution < 1.29 is 9.53 Å². The normalized spacial score (nSPS) is 10.1. The van der Waals surface area contributed by atoms with E-state index < -0.39 is 5.97 Å². The molecule has 0 aliphatic rings. The standard InChI is InChI=1S/C10H15N3O2S/c1-3-5-16-10-12-6-7(8(11)13-10)9(14)15-4-2/h6H,3-5H2,1-2H3,(H2,11,12,13). The predicted molar refractivity (Wildman–Crippen MR) is 63.4 cm³/mol. The Kier molecular flexibility index (Phi) is 5.04. The lowest BCUT2D eigenvalue weighted by Crippen LogP contribution is -2.10. The van der Waals surface area contributed by atoms with Crippen LogP contribution in [-0.4, -0.2) is 28.3 Å². The number of nitrogen functional groups attached to an aromatic ring is 1. The molecule has 1 aromatic rings. The van der Waals surface area contributed by atoms with Gasteiger partial charge in [-0.1, -0.05) is 18.7 Å². The van der Waals surface area contributed by atoms with Crippen molar-refractivity contribution in [1.29, 1.82) is 0 Å². The Balaban J connectivity index is 2.78. The summed E-state index contributed by atoms with van der Waals surface area (Å²) in [6.45, 7) is 4.12. The molecule has 0 saturated carbocycles. The number of anilines is 1. The Labute approximate surface area is 98.8 Å². The van der Waals surface area contributed by atoms with Gasteiger partial charge in [0.05, 0.1) is 6.61 Å². The summed E-state index contributed by atoms with van der Waals surface area (Å²) in [5.74, 6) is 0.622. The molecule has 0 aliphatic carbocycles. The minimum atomic E-state index is -0.480. The molecule has 0 radical (unpaired) electrons. The van der Waals surface area contributed by atoms with Crippen LogP contribution < -0.4 is 5.73 Å². The third-order valence-electron chi connectivity index (χ3n) is 1.73. The predicted octanol–water partition coefficient (Wildman–Crippen LogP) is 1.74. The van der Waals surface area contributed by atoms with Crippen LogP contribution >= 0.6 is 11.8 Å². The Morgan fingerprint density at radius 2 is 2.31 bits per heavy atom. The molecule has 0 atom stereocenters. The summed E-state index contributed by atoms with van der Waals surface area (Å²) in [6, 6.07) is 0. The number of nitrogens with zero attached hydrogens (tertiary/aromatic N) is 2. The molecule has 6 heteroatoms. The van der Waals surface area contributed by atoms with Gasteiger partial charge in [-0.2, -0.15) is 0 Å². The van der Waals surface area contributed by atoms with Crippen molar-refractivity contribution in [1.82, 2.24) is 9.97 Å². The molecule has 0 saturated heterocycles. The Hall–Kier alpha value is -1.30. The zero-order chi connectivity index (χ0) is 12.0. The monoisotopic (exact) mass is 241 g/mol. The molecule has 0 fully saturated rings. The lowest BCUT2D eigenvalue weighted by Gasteiger charge is -2.05. The average molecular weight is 241 g/mol. The summed E-state index contributed by atoms with van der Waals surface area (Å²) in [7, 11) is 0. The largest absolute Gasteiger partial charge is 0.462 e. The van der Waals surface area contributed by atoms with Gasteiger partial charge in [-0.15, -0.1) is 0 Å². The maximum Gasteiger partial charge on any atom is 0.343 e. The van der Waals surface area contributed by atoms with Gasteiger partial charge in [-0.25, -0.2) is 14.8 Å². The third kappa shape index (κ3) is 3.37. The van der Waals surface area contributed by atoms with Crippen LogP contribution in [0.3, 0.4) is 0 Å². The quantitative estimate of drug-likeness (QED) is 0.480. The van der Waals surface area contributed by atoms with Crippen molar-refractivity contribution >= 4 is 23.5 Å². The van der Waals surface area contributed by atoms with E-state index in [1.807, 2.05) is 0 Å². The summed E-state index contributed by atoms with van der Waals surface area (Å²) in [6.07, 6.45) is 2.45. The van der Waals surface area contributed by atoms with Crippen LogP contribution in [0.2, 0.25) is 0 Å². The summed E-state index contributed by atoms with van der Waals surface area (Å²) in [5, 5.41) is 0.590. The number of rotatable bonds is 5. The maximum atomic E-state index is 11.4. The number of thioether (sulfide) groups is 1. The molecule has 0 amide bonds. The Bertz CT molecular complexity index is 371. The number of hydrogen-bond acceptors (Lipinski definition) is 6. The van der Waals surface area contributed by atoms with E-state index in [0.29, 0.717) is 11.8 Å². The second-order valence-electron chi connectivity index (χ2n) is 3.02. The van der Waals surface area contributed by atoms with Gasteiger partial charge in [0.2, 0.25) is 0 Å². The third-order valence-corrected chi connectivity index (χ3v) is 2.79. The first-order valence-electron chi connectivity index (χ1n) is 5.11. The zero-order valence-electron chi connectivity index (χ0n) is 9.40. The highest BCUT2D eigenvalue weighted by atomic mass is 32.2. The number of carbonyl (C=O) groups is 1. The molecule has 1 heterocycles. The summed E-state index contributed by atoms with van der Waals surface area (Å²) in [5.41, 5.74) is 5.88. The number of ether oxygens (including phenoxy) is 1. The molecule has 0 bridgehead atoms. The molecule has 5 nitrogen and oxygen atoms in total. The first-order valence-corrected chi connectivity index (χ1v) is 6.10. The van der Waals surface area contributed by atoms with Crippen molar-refractivity contribution in [2.75, 3.05) is 18.1 Å². The van der Waals surface area contributed by atoms with Crippen LogP contribution in [-0.2, 0) is 4.74 Å². The smallest absolute Gasteiger partial charge is 0.343 e. The topological polar surface area (TPSA) is 78.1 Å². The molecule has 2 N–H and O–H groups in total. The highest BCUT2D eigenvalue weighted by Gasteiger charge is 2.13. The summed E-state index contributed by atoms with van der Waals surface area (Å²) < 4.78 is 4.82. The molecule has 0 unspecified atom stereocenters. The van der Waals surface area contributed by atoms with E-state index in [-0.39, 0.29) is 11.4 Å². The van der Waals surface area contributed by atoms with Crippen molar-refractivity contribution in [3.8, 4) is 0 Å². The van der Waals surface area contributed by atoms with Crippen LogP contribution in [0, 0.1) is 0 Å². The molecular weight excluding hydrogens is 226 g/mol. The second-order valence-corrected chi connectivity index (χ2v) is 4.08. The second kappa shape index (κ2) is 6.32. The van der Waals surface area contributed by atoms with E-state index in [0.717, 1.165) is 12.2 Å². The average Bonchev–Trinajstić information content (AvgIpc) is 2.26. The van der Waals surface area contributed by atoms with Crippen LogP contribution in [0.1, 0.15) is 30.6 Å². The maximum absolute atomic E-state index is 11.4. The van der Waals surface area contributed by atoms with Crippen LogP contribution in [0.4, 0.5) is 5.82 Å². The zero-order valence-corrected chi connectivity index (χ0v) is 10.2. The van der Waals surface area contributed by atoms with Crippen molar-refractivity contribution in [3.63, 3.8) is 0 Å². The van der Waals surface area contributed by atoms with Crippen LogP contribution in [0.5, 0.6) is 0 Å². The lowest BCUT2D eigenvalue weighted by molar-refractivity contribution is 0.0526. The van der Waals surface area contributed by atoms with E-state index in [1.54, 1.807) is 6.92 Å². The van der Waals surface area contributed by atoms with E-state index in [9.17, 15) is 4.79 Å². The van der Waals surface area contributed by atoms with Crippen molar-refractivity contribution in [2.45, 2.75) is 25.4 Å². The molecule has 88 valence electrons. The molecule has 1 aromatic heterocycles.